The Morgan fingerprint density at radius 3 is 2.65 bits per heavy atom. The van der Waals surface area contributed by atoms with Gasteiger partial charge in [0.25, 0.3) is 0 Å². The molecule has 90 valence electrons. The van der Waals surface area contributed by atoms with Crippen LogP contribution in [0.1, 0.15) is 31.7 Å². The lowest BCUT2D eigenvalue weighted by molar-refractivity contribution is -0.117. The molecule has 3 heteroatoms. The quantitative estimate of drug-likeness (QED) is 0.746. The molecule has 0 spiro atoms. The Labute approximate surface area is 101 Å². The van der Waals surface area contributed by atoms with Crippen LogP contribution in [0, 0.1) is 0 Å². The van der Waals surface area contributed by atoms with E-state index in [0.29, 0.717) is 31.8 Å². The van der Waals surface area contributed by atoms with Crippen LogP contribution in [0.15, 0.2) is 18.2 Å². The van der Waals surface area contributed by atoms with Crippen LogP contribution >= 0.6 is 0 Å². The van der Waals surface area contributed by atoms with Crippen LogP contribution in [0.5, 0.6) is 11.5 Å². The van der Waals surface area contributed by atoms with E-state index < -0.39 is 0 Å². The van der Waals surface area contributed by atoms with Gasteiger partial charge in [0.15, 0.2) is 11.5 Å². The van der Waals surface area contributed by atoms with E-state index in [4.69, 9.17) is 9.47 Å². The number of ketones is 1. The third-order valence-corrected chi connectivity index (χ3v) is 3.78. The smallest absolute Gasteiger partial charge is 0.161 e. The van der Waals surface area contributed by atoms with Gasteiger partial charge in [0, 0.05) is 12.8 Å². The summed E-state index contributed by atoms with van der Waals surface area (Å²) in [7, 11) is 0. The van der Waals surface area contributed by atoms with Crippen molar-refractivity contribution >= 4 is 5.78 Å². The Hall–Kier alpha value is -1.51. The molecule has 1 aromatic rings. The lowest BCUT2D eigenvalue weighted by Gasteiger charge is -2.26. The van der Waals surface area contributed by atoms with E-state index in [-0.39, 0.29) is 5.41 Å². The molecule has 1 heterocycles. The highest BCUT2D eigenvalue weighted by atomic mass is 16.6. The van der Waals surface area contributed by atoms with Gasteiger partial charge in [-0.25, -0.2) is 0 Å². The molecule has 17 heavy (non-hydrogen) atoms. The SMILES string of the molecule is CC1(c2ccc3c(c2)OCCO3)CCC(=O)C1. The predicted molar refractivity (Wildman–Crippen MR) is 63.6 cm³/mol. The van der Waals surface area contributed by atoms with Gasteiger partial charge >= 0.3 is 0 Å². The standard InChI is InChI=1S/C14H16O3/c1-14(5-4-11(15)9-14)10-2-3-12-13(8-10)17-7-6-16-12/h2-3,8H,4-7,9H2,1H3. The molecule has 0 amide bonds. The van der Waals surface area contributed by atoms with Gasteiger partial charge in [-0.1, -0.05) is 13.0 Å². The molecule has 0 radical (unpaired) electrons. The molecule has 3 nitrogen and oxygen atoms in total. The van der Waals surface area contributed by atoms with Crippen LogP contribution in [-0.4, -0.2) is 19.0 Å². The maximum Gasteiger partial charge on any atom is 0.161 e. The summed E-state index contributed by atoms with van der Waals surface area (Å²) >= 11 is 0. The van der Waals surface area contributed by atoms with E-state index in [1.807, 2.05) is 12.1 Å². The molecular weight excluding hydrogens is 216 g/mol. The van der Waals surface area contributed by atoms with Gasteiger partial charge in [0.1, 0.15) is 19.0 Å². The highest BCUT2D eigenvalue weighted by molar-refractivity contribution is 5.82. The summed E-state index contributed by atoms with van der Waals surface area (Å²) in [6.45, 7) is 3.37. The van der Waals surface area contributed by atoms with Crippen LogP contribution in [-0.2, 0) is 10.2 Å². The average molecular weight is 232 g/mol. The van der Waals surface area contributed by atoms with Crippen molar-refractivity contribution in [3.63, 3.8) is 0 Å². The average Bonchev–Trinajstić information content (AvgIpc) is 2.70. The first-order chi connectivity index (χ1) is 8.17. The molecule has 0 N–H and O–H groups in total. The Balaban J connectivity index is 1.96. The second-order valence-corrected chi connectivity index (χ2v) is 5.13. The molecular formula is C14H16O3. The van der Waals surface area contributed by atoms with Crippen LogP contribution in [0.4, 0.5) is 0 Å². The normalized spacial score (nSPS) is 27.2. The second kappa shape index (κ2) is 3.76. The summed E-state index contributed by atoms with van der Waals surface area (Å²) in [6.07, 6.45) is 2.28. The molecule has 0 bridgehead atoms. The molecule has 1 aliphatic carbocycles. The van der Waals surface area contributed by atoms with E-state index >= 15 is 0 Å². The molecule has 1 atom stereocenters. The molecule has 1 saturated carbocycles. The zero-order valence-corrected chi connectivity index (χ0v) is 9.99. The fourth-order valence-electron chi connectivity index (χ4n) is 2.69. The fourth-order valence-corrected chi connectivity index (χ4v) is 2.69. The third-order valence-electron chi connectivity index (χ3n) is 3.78. The molecule has 3 rings (SSSR count). The van der Waals surface area contributed by atoms with Gasteiger partial charge in [-0.05, 0) is 29.5 Å². The van der Waals surface area contributed by atoms with Crippen molar-refractivity contribution in [3.05, 3.63) is 23.8 Å². The minimum Gasteiger partial charge on any atom is -0.486 e. The van der Waals surface area contributed by atoms with Crippen molar-refractivity contribution in [2.45, 2.75) is 31.6 Å². The maximum absolute atomic E-state index is 11.5. The lowest BCUT2D eigenvalue weighted by Crippen LogP contribution is -2.20. The molecule has 2 aliphatic rings. The van der Waals surface area contributed by atoms with Crippen LogP contribution in [0.25, 0.3) is 0 Å². The summed E-state index contributed by atoms with van der Waals surface area (Å²) < 4.78 is 11.1. The molecule has 0 aromatic heterocycles. The molecule has 1 fully saturated rings. The number of benzene rings is 1. The van der Waals surface area contributed by atoms with Gasteiger partial charge in [0.05, 0.1) is 0 Å². The van der Waals surface area contributed by atoms with Crippen LogP contribution < -0.4 is 9.47 Å². The van der Waals surface area contributed by atoms with Crippen LogP contribution in [0.2, 0.25) is 0 Å². The molecule has 0 saturated heterocycles. The summed E-state index contributed by atoms with van der Waals surface area (Å²) in [5.74, 6) is 1.99. The number of fused-ring (bicyclic) bond motifs is 1. The fraction of sp³-hybridized carbons (Fsp3) is 0.500. The predicted octanol–water partition coefficient (Wildman–Crippen LogP) is 2.47. The Morgan fingerprint density at radius 2 is 1.94 bits per heavy atom. The van der Waals surface area contributed by atoms with Crippen molar-refractivity contribution in [1.29, 1.82) is 0 Å². The van der Waals surface area contributed by atoms with Crippen molar-refractivity contribution in [2.24, 2.45) is 0 Å². The number of hydrogen-bond acceptors (Lipinski definition) is 3. The summed E-state index contributed by atoms with van der Waals surface area (Å²) in [4.78, 5) is 11.5. The minimum atomic E-state index is -0.0209. The number of ether oxygens (including phenoxy) is 2. The molecule has 1 unspecified atom stereocenters. The zero-order valence-electron chi connectivity index (χ0n) is 9.99. The van der Waals surface area contributed by atoms with Gasteiger partial charge < -0.3 is 9.47 Å². The second-order valence-electron chi connectivity index (χ2n) is 5.13. The van der Waals surface area contributed by atoms with E-state index in [0.717, 1.165) is 17.9 Å². The lowest BCUT2D eigenvalue weighted by atomic mass is 9.81. The van der Waals surface area contributed by atoms with Gasteiger partial charge in [0.2, 0.25) is 0 Å². The van der Waals surface area contributed by atoms with E-state index in [1.54, 1.807) is 0 Å². The molecule has 1 aromatic carbocycles. The Bertz CT molecular complexity index is 467. The first kappa shape index (κ1) is 10.6. The van der Waals surface area contributed by atoms with Crippen molar-refractivity contribution in [2.75, 3.05) is 13.2 Å². The summed E-state index contributed by atoms with van der Waals surface area (Å²) in [6, 6.07) is 6.05. The Morgan fingerprint density at radius 1 is 1.18 bits per heavy atom. The number of hydrogen-bond donors (Lipinski definition) is 0. The van der Waals surface area contributed by atoms with Gasteiger partial charge in [-0.15, -0.1) is 0 Å². The van der Waals surface area contributed by atoms with E-state index in [2.05, 4.69) is 13.0 Å². The number of rotatable bonds is 1. The van der Waals surface area contributed by atoms with Crippen molar-refractivity contribution in [1.82, 2.24) is 0 Å². The zero-order chi connectivity index (χ0) is 11.9. The number of Topliss-reactive ketones (excluding diaryl/α,β-unsaturated/α-hetero) is 1. The van der Waals surface area contributed by atoms with Gasteiger partial charge in [-0.3, -0.25) is 4.79 Å². The minimum absolute atomic E-state index is 0.0209. The summed E-state index contributed by atoms with van der Waals surface area (Å²) in [5.41, 5.74) is 1.17. The highest BCUT2D eigenvalue weighted by Crippen LogP contribution is 2.42. The van der Waals surface area contributed by atoms with E-state index in [1.165, 1.54) is 5.56 Å². The van der Waals surface area contributed by atoms with Crippen molar-refractivity contribution in [3.8, 4) is 11.5 Å². The van der Waals surface area contributed by atoms with Gasteiger partial charge in [-0.2, -0.15) is 0 Å². The first-order valence-corrected chi connectivity index (χ1v) is 6.09. The van der Waals surface area contributed by atoms with Crippen LogP contribution in [0.3, 0.4) is 0 Å². The maximum atomic E-state index is 11.5. The third kappa shape index (κ3) is 1.79. The summed E-state index contributed by atoms with van der Waals surface area (Å²) in [5, 5.41) is 0. The largest absolute Gasteiger partial charge is 0.486 e. The highest BCUT2D eigenvalue weighted by Gasteiger charge is 2.36. The molecule has 1 aliphatic heterocycles. The number of carbonyl (C=O) groups excluding carboxylic acids is 1. The topological polar surface area (TPSA) is 35.5 Å². The van der Waals surface area contributed by atoms with E-state index in [9.17, 15) is 4.79 Å². The number of carbonyl (C=O) groups is 1. The Kier molecular flexibility index (Phi) is 2.35. The first-order valence-electron chi connectivity index (χ1n) is 6.09. The monoisotopic (exact) mass is 232 g/mol. The van der Waals surface area contributed by atoms with Crippen molar-refractivity contribution < 1.29 is 14.3 Å².